The van der Waals surface area contributed by atoms with Crippen molar-refractivity contribution in [2.75, 3.05) is 33.8 Å². The first-order valence-corrected chi connectivity index (χ1v) is 9.38. The Morgan fingerprint density at radius 3 is 2.39 bits per heavy atom. The van der Waals surface area contributed by atoms with E-state index in [1.54, 1.807) is 32.4 Å². The van der Waals surface area contributed by atoms with Crippen LogP contribution in [0.3, 0.4) is 0 Å². The van der Waals surface area contributed by atoms with Crippen molar-refractivity contribution in [2.45, 2.75) is 19.3 Å². The summed E-state index contributed by atoms with van der Waals surface area (Å²) in [6.07, 6.45) is 0. The van der Waals surface area contributed by atoms with Crippen LogP contribution in [0.25, 0.3) is 0 Å². The lowest BCUT2D eigenvalue weighted by Crippen LogP contribution is -2.45. The van der Waals surface area contributed by atoms with Crippen LogP contribution in [0.2, 0.25) is 0 Å². The number of carbonyl (C=O) groups is 1. The highest BCUT2D eigenvalue weighted by atomic mass is 16.5. The van der Waals surface area contributed by atoms with Gasteiger partial charge < -0.3 is 20.7 Å². The Kier molecular flexibility index (Phi) is 7.87. The minimum atomic E-state index is -0.131. The van der Waals surface area contributed by atoms with Crippen molar-refractivity contribution in [1.29, 1.82) is 0 Å². The number of guanidine groups is 1. The molecule has 0 unspecified atom stereocenters. The van der Waals surface area contributed by atoms with Crippen molar-refractivity contribution < 1.29 is 9.53 Å². The number of hydrogen-bond donors (Lipinski definition) is 3. The first-order valence-electron chi connectivity index (χ1n) is 9.38. The summed E-state index contributed by atoms with van der Waals surface area (Å²) >= 11 is 0. The van der Waals surface area contributed by atoms with Crippen molar-refractivity contribution >= 4 is 11.9 Å². The fourth-order valence-electron chi connectivity index (χ4n) is 2.74. The van der Waals surface area contributed by atoms with Gasteiger partial charge in [0.05, 0.1) is 7.11 Å². The van der Waals surface area contributed by atoms with Crippen LogP contribution in [0.5, 0.6) is 5.75 Å². The predicted octanol–water partition coefficient (Wildman–Crippen LogP) is 2.57. The average Bonchev–Trinajstić information content (AvgIpc) is 2.73. The summed E-state index contributed by atoms with van der Waals surface area (Å²) < 4.78 is 5.15. The van der Waals surface area contributed by atoms with Crippen molar-refractivity contribution in [2.24, 2.45) is 4.99 Å². The second kappa shape index (κ2) is 10.3. The van der Waals surface area contributed by atoms with Gasteiger partial charge in [0.15, 0.2) is 5.96 Å². The molecule has 0 aliphatic carbocycles. The second-order valence-electron chi connectivity index (χ2n) is 7.09. The summed E-state index contributed by atoms with van der Waals surface area (Å²) in [7, 11) is 3.32. The number of hydrogen-bond acceptors (Lipinski definition) is 3. The Morgan fingerprint density at radius 1 is 1.00 bits per heavy atom. The molecule has 2 aromatic rings. The molecule has 0 saturated carbocycles. The van der Waals surface area contributed by atoms with Gasteiger partial charge in [0.2, 0.25) is 0 Å². The van der Waals surface area contributed by atoms with E-state index in [-0.39, 0.29) is 11.3 Å². The normalized spacial score (nSPS) is 11.6. The molecule has 0 aromatic heterocycles. The van der Waals surface area contributed by atoms with Gasteiger partial charge in [-0.1, -0.05) is 50.2 Å². The van der Waals surface area contributed by atoms with Gasteiger partial charge in [0.1, 0.15) is 5.75 Å². The molecule has 0 spiro atoms. The molecule has 0 atom stereocenters. The number of aliphatic imine (C=N–C) groups is 1. The number of nitrogens with one attached hydrogen (secondary N) is 3. The van der Waals surface area contributed by atoms with Crippen molar-refractivity contribution in [3.05, 3.63) is 65.7 Å². The average molecular weight is 383 g/mol. The lowest BCUT2D eigenvalue weighted by molar-refractivity contribution is 0.0954. The van der Waals surface area contributed by atoms with Crippen LogP contribution in [0.15, 0.2) is 59.6 Å². The van der Waals surface area contributed by atoms with Crippen LogP contribution in [-0.4, -0.2) is 45.7 Å². The van der Waals surface area contributed by atoms with E-state index < -0.39 is 0 Å². The molecule has 6 nitrogen and oxygen atoms in total. The van der Waals surface area contributed by atoms with Gasteiger partial charge in [-0.2, -0.15) is 0 Å². The molecule has 150 valence electrons. The van der Waals surface area contributed by atoms with Gasteiger partial charge in [0.25, 0.3) is 5.91 Å². The van der Waals surface area contributed by atoms with Crippen molar-refractivity contribution in [3.63, 3.8) is 0 Å². The first-order chi connectivity index (χ1) is 13.5. The molecule has 0 bridgehead atoms. The summed E-state index contributed by atoms with van der Waals surface area (Å²) in [6.45, 7) is 6.18. The number of ether oxygens (including phenoxy) is 1. The maximum Gasteiger partial charge on any atom is 0.251 e. The third kappa shape index (κ3) is 6.30. The molecule has 0 fully saturated rings. The Bertz CT molecular complexity index is 788. The topological polar surface area (TPSA) is 74.8 Å². The Morgan fingerprint density at radius 2 is 1.71 bits per heavy atom. The molecule has 0 radical (unpaired) electrons. The number of amides is 1. The van der Waals surface area contributed by atoms with E-state index in [0.717, 1.165) is 6.54 Å². The fourth-order valence-corrected chi connectivity index (χ4v) is 2.74. The maximum absolute atomic E-state index is 12.2. The molecule has 0 aliphatic rings. The molecule has 0 saturated heterocycles. The summed E-state index contributed by atoms with van der Waals surface area (Å²) in [5.41, 5.74) is 1.81. The van der Waals surface area contributed by atoms with Gasteiger partial charge in [-0.15, -0.1) is 0 Å². The highest BCUT2D eigenvalue weighted by Gasteiger charge is 2.20. The quantitative estimate of drug-likeness (QED) is 0.373. The van der Waals surface area contributed by atoms with E-state index in [2.05, 4.69) is 59.1 Å². The Balaban J connectivity index is 1.76. The second-order valence-corrected chi connectivity index (χ2v) is 7.09. The zero-order valence-electron chi connectivity index (χ0n) is 17.1. The molecule has 1 amide bonds. The highest BCUT2D eigenvalue weighted by Crippen LogP contribution is 2.21. The van der Waals surface area contributed by atoms with E-state index >= 15 is 0 Å². The molecular weight excluding hydrogens is 352 g/mol. The number of benzene rings is 2. The summed E-state index contributed by atoms with van der Waals surface area (Å²) in [4.78, 5) is 16.4. The lowest BCUT2D eigenvalue weighted by atomic mass is 9.85. The number of carbonyl (C=O) groups excluding carboxylic acids is 1. The zero-order chi connectivity index (χ0) is 20.4. The SMILES string of the molecule is CN=C(NCCNC(=O)c1cccc(OC)c1)NCC(C)(C)c1ccccc1. The van der Waals surface area contributed by atoms with E-state index in [4.69, 9.17) is 4.74 Å². The van der Waals surface area contributed by atoms with Gasteiger partial charge in [-0.3, -0.25) is 9.79 Å². The van der Waals surface area contributed by atoms with Crippen LogP contribution in [0.1, 0.15) is 29.8 Å². The summed E-state index contributed by atoms with van der Waals surface area (Å²) in [6, 6.07) is 17.5. The standard InChI is InChI=1S/C22H30N4O2/c1-22(2,18-10-6-5-7-11-18)16-26-21(23-3)25-14-13-24-20(27)17-9-8-12-19(15-17)28-4/h5-12,15H,13-14,16H2,1-4H3,(H,24,27)(H2,23,25,26). The Hall–Kier alpha value is -3.02. The van der Waals surface area contributed by atoms with Crippen molar-refractivity contribution in [3.8, 4) is 5.75 Å². The predicted molar refractivity (Wildman–Crippen MR) is 114 cm³/mol. The monoisotopic (exact) mass is 382 g/mol. The van der Waals surface area contributed by atoms with Gasteiger partial charge >= 0.3 is 0 Å². The van der Waals surface area contributed by atoms with Gasteiger partial charge in [-0.05, 0) is 23.8 Å². The summed E-state index contributed by atoms with van der Waals surface area (Å²) in [5, 5.41) is 9.46. The first kappa shape index (κ1) is 21.3. The van der Waals surface area contributed by atoms with E-state index in [1.807, 2.05) is 12.1 Å². The third-order valence-electron chi connectivity index (χ3n) is 4.51. The van der Waals surface area contributed by atoms with Crippen LogP contribution in [0.4, 0.5) is 0 Å². The smallest absolute Gasteiger partial charge is 0.251 e. The molecule has 28 heavy (non-hydrogen) atoms. The minimum Gasteiger partial charge on any atom is -0.497 e. The van der Waals surface area contributed by atoms with Crippen LogP contribution in [0, 0.1) is 0 Å². The zero-order valence-corrected chi connectivity index (χ0v) is 17.1. The molecular formula is C22H30N4O2. The largest absolute Gasteiger partial charge is 0.497 e. The lowest BCUT2D eigenvalue weighted by Gasteiger charge is -2.26. The van der Waals surface area contributed by atoms with E-state index in [0.29, 0.717) is 30.4 Å². The highest BCUT2D eigenvalue weighted by molar-refractivity contribution is 5.94. The molecule has 3 N–H and O–H groups in total. The van der Waals surface area contributed by atoms with E-state index in [9.17, 15) is 4.79 Å². The molecule has 6 heteroatoms. The van der Waals surface area contributed by atoms with Gasteiger partial charge in [0, 0.05) is 37.7 Å². The van der Waals surface area contributed by atoms with Crippen molar-refractivity contribution in [1.82, 2.24) is 16.0 Å². The van der Waals surface area contributed by atoms with E-state index in [1.165, 1.54) is 5.56 Å². The Labute approximate surface area is 167 Å². The molecule has 2 aromatic carbocycles. The summed E-state index contributed by atoms with van der Waals surface area (Å²) in [5.74, 6) is 1.24. The molecule has 0 heterocycles. The number of nitrogens with zero attached hydrogens (tertiary/aromatic N) is 1. The van der Waals surface area contributed by atoms with Crippen LogP contribution in [-0.2, 0) is 5.41 Å². The minimum absolute atomic E-state index is 0.0283. The van der Waals surface area contributed by atoms with Crippen LogP contribution < -0.4 is 20.7 Å². The maximum atomic E-state index is 12.2. The number of rotatable bonds is 8. The van der Waals surface area contributed by atoms with Gasteiger partial charge in [-0.25, -0.2) is 0 Å². The molecule has 2 rings (SSSR count). The number of methoxy groups -OCH3 is 1. The molecule has 0 aliphatic heterocycles. The fraction of sp³-hybridized carbons (Fsp3) is 0.364. The van der Waals surface area contributed by atoms with Crippen LogP contribution >= 0.6 is 0 Å². The third-order valence-corrected chi connectivity index (χ3v) is 4.51.